The summed E-state index contributed by atoms with van der Waals surface area (Å²) in [5, 5.41) is 0. The Morgan fingerprint density at radius 2 is 1.68 bits per heavy atom. The molecule has 108 valence electrons. The van der Waals surface area contributed by atoms with E-state index in [1.807, 2.05) is 13.0 Å². The molecule has 1 rings (SSSR count). The highest BCUT2D eigenvalue weighted by molar-refractivity contribution is 7.18. The Bertz CT molecular complexity index is 404. The molecule has 0 bridgehead atoms. The van der Waals surface area contributed by atoms with Crippen molar-refractivity contribution < 1.29 is 4.79 Å². The Kier molecular flexibility index (Phi) is 6.51. The first-order valence-corrected chi connectivity index (χ1v) is 8.04. The lowest BCUT2D eigenvalue weighted by Gasteiger charge is -2.30. The van der Waals surface area contributed by atoms with E-state index in [0.29, 0.717) is 16.2 Å². The first-order chi connectivity index (χ1) is 8.81. The second-order valence-corrected chi connectivity index (χ2v) is 7.60. The van der Waals surface area contributed by atoms with Crippen LogP contribution in [0.4, 0.5) is 0 Å². The molecule has 0 amide bonds. The Balaban J connectivity index is 2.79. The van der Waals surface area contributed by atoms with Gasteiger partial charge in [0.2, 0.25) is 0 Å². The molecular formula is C15H24ClNOS. The molecule has 19 heavy (non-hydrogen) atoms. The third-order valence-electron chi connectivity index (χ3n) is 2.94. The number of carbonyl (C=O) groups is 1. The molecule has 0 radical (unpaired) electrons. The second-order valence-electron chi connectivity index (χ2n) is 5.89. The van der Waals surface area contributed by atoms with Crippen molar-refractivity contribution in [2.75, 3.05) is 13.1 Å². The summed E-state index contributed by atoms with van der Waals surface area (Å²) < 4.78 is 0.676. The van der Waals surface area contributed by atoms with Gasteiger partial charge in [0.25, 0.3) is 0 Å². The van der Waals surface area contributed by atoms with Gasteiger partial charge in [-0.1, -0.05) is 39.3 Å². The van der Waals surface area contributed by atoms with Crippen LogP contribution >= 0.6 is 22.9 Å². The summed E-state index contributed by atoms with van der Waals surface area (Å²) in [5.74, 6) is 1.29. The smallest absolute Gasteiger partial charge is 0.189 e. The Labute approximate surface area is 125 Å². The molecule has 4 heteroatoms. The van der Waals surface area contributed by atoms with Crippen LogP contribution < -0.4 is 0 Å². The lowest BCUT2D eigenvalue weighted by Crippen LogP contribution is -2.43. The van der Waals surface area contributed by atoms with Crippen LogP contribution in [-0.4, -0.2) is 29.8 Å². The van der Waals surface area contributed by atoms with Gasteiger partial charge in [0.15, 0.2) is 5.78 Å². The highest BCUT2D eigenvalue weighted by Crippen LogP contribution is 2.24. The van der Waals surface area contributed by atoms with E-state index in [-0.39, 0.29) is 11.8 Å². The zero-order chi connectivity index (χ0) is 14.6. The molecule has 0 fully saturated rings. The summed E-state index contributed by atoms with van der Waals surface area (Å²) >= 11 is 7.28. The normalized spacial score (nSPS) is 13.5. The van der Waals surface area contributed by atoms with E-state index in [0.717, 1.165) is 18.0 Å². The van der Waals surface area contributed by atoms with Crippen molar-refractivity contribution in [1.82, 2.24) is 4.90 Å². The molecule has 1 aromatic rings. The number of Topliss-reactive ketones (excluding diaryl/α,β-unsaturated/α-hetero) is 1. The van der Waals surface area contributed by atoms with Gasteiger partial charge in [-0.15, -0.1) is 11.3 Å². The zero-order valence-electron chi connectivity index (χ0n) is 12.4. The predicted molar refractivity (Wildman–Crippen MR) is 84.4 cm³/mol. The summed E-state index contributed by atoms with van der Waals surface area (Å²) in [7, 11) is 0. The largest absolute Gasteiger partial charge is 0.293 e. The maximum absolute atomic E-state index is 12.5. The lowest BCUT2D eigenvalue weighted by molar-refractivity contribution is 0.0806. The van der Waals surface area contributed by atoms with Crippen LogP contribution in [0.15, 0.2) is 12.1 Å². The second kappa shape index (κ2) is 7.41. The highest BCUT2D eigenvalue weighted by atomic mass is 35.5. The van der Waals surface area contributed by atoms with Crippen molar-refractivity contribution in [3.63, 3.8) is 0 Å². The monoisotopic (exact) mass is 301 g/mol. The van der Waals surface area contributed by atoms with Crippen LogP contribution in [-0.2, 0) is 0 Å². The van der Waals surface area contributed by atoms with Gasteiger partial charge in [0, 0.05) is 13.1 Å². The van der Waals surface area contributed by atoms with Gasteiger partial charge < -0.3 is 0 Å². The molecule has 0 aliphatic carbocycles. The average molecular weight is 302 g/mol. The minimum Gasteiger partial charge on any atom is -0.293 e. The zero-order valence-corrected chi connectivity index (χ0v) is 14.0. The third kappa shape index (κ3) is 5.25. The molecule has 1 aromatic heterocycles. The van der Waals surface area contributed by atoms with Crippen molar-refractivity contribution >= 4 is 28.7 Å². The molecule has 1 atom stereocenters. The van der Waals surface area contributed by atoms with Crippen LogP contribution in [0.25, 0.3) is 0 Å². The lowest BCUT2D eigenvalue weighted by atomic mass is 10.1. The van der Waals surface area contributed by atoms with Gasteiger partial charge in [-0.05, 0) is 30.9 Å². The maximum Gasteiger partial charge on any atom is 0.189 e. The molecule has 1 heterocycles. The minimum absolute atomic E-state index is 0.0838. The quantitative estimate of drug-likeness (QED) is 0.687. The van der Waals surface area contributed by atoms with Gasteiger partial charge in [-0.25, -0.2) is 0 Å². The van der Waals surface area contributed by atoms with Crippen molar-refractivity contribution in [3.8, 4) is 0 Å². The van der Waals surface area contributed by atoms with Crippen LogP contribution in [0.1, 0.15) is 44.3 Å². The first kappa shape index (κ1) is 16.7. The van der Waals surface area contributed by atoms with Gasteiger partial charge >= 0.3 is 0 Å². The van der Waals surface area contributed by atoms with Gasteiger partial charge in [-0.2, -0.15) is 0 Å². The summed E-state index contributed by atoms with van der Waals surface area (Å²) in [6.45, 7) is 12.6. The first-order valence-electron chi connectivity index (χ1n) is 6.84. The molecule has 1 unspecified atom stereocenters. The average Bonchev–Trinajstić information content (AvgIpc) is 2.71. The molecule has 0 N–H and O–H groups in total. The Morgan fingerprint density at radius 3 is 2.05 bits per heavy atom. The van der Waals surface area contributed by atoms with Crippen LogP contribution in [0.5, 0.6) is 0 Å². The molecular weight excluding hydrogens is 278 g/mol. The van der Waals surface area contributed by atoms with Crippen molar-refractivity contribution in [3.05, 3.63) is 21.3 Å². The standard InChI is InChI=1S/C15H24ClNOS/c1-10(2)8-17(9-11(3)4)12(5)15(18)13-6-7-14(16)19-13/h6-7,10-12H,8-9H2,1-5H3. The van der Waals surface area contributed by atoms with E-state index in [1.54, 1.807) is 6.07 Å². The van der Waals surface area contributed by atoms with E-state index in [1.165, 1.54) is 11.3 Å². The number of hydrogen-bond donors (Lipinski definition) is 0. The van der Waals surface area contributed by atoms with E-state index >= 15 is 0 Å². The number of thiophene rings is 1. The van der Waals surface area contributed by atoms with E-state index in [9.17, 15) is 4.79 Å². The molecule has 2 nitrogen and oxygen atoms in total. The van der Waals surface area contributed by atoms with Crippen LogP contribution in [0.3, 0.4) is 0 Å². The third-order valence-corrected chi connectivity index (χ3v) is 4.19. The highest BCUT2D eigenvalue weighted by Gasteiger charge is 2.24. The van der Waals surface area contributed by atoms with Crippen molar-refractivity contribution in [2.45, 2.75) is 40.7 Å². The Morgan fingerprint density at radius 1 is 1.16 bits per heavy atom. The predicted octanol–water partition coefficient (Wildman–Crippen LogP) is 4.59. The number of ketones is 1. The summed E-state index contributed by atoms with van der Waals surface area (Å²) in [6, 6.07) is 3.54. The molecule has 0 saturated heterocycles. The SMILES string of the molecule is CC(C)CN(CC(C)C)C(C)C(=O)c1ccc(Cl)s1. The van der Waals surface area contributed by atoms with Crippen molar-refractivity contribution in [2.24, 2.45) is 11.8 Å². The number of rotatable bonds is 7. The van der Waals surface area contributed by atoms with E-state index in [4.69, 9.17) is 11.6 Å². The molecule has 0 spiro atoms. The number of nitrogens with zero attached hydrogens (tertiary/aromatic N) is 1. The fraction of sp³-hybridized carbons (Fsp3) is 0.667. The number of hydrogen-bond acceptors (Lipinski definition) is 3. The van der Waals surface area contributed by atoms with E-state index < -0.39 is 0 Å². The molecule has 0 aliphatic heterocycles. The molecule has 0 aromatic carbocycles. The van der Waals surface area contributed by atoms with Crippen LogP contribution in [0.2, 0.25) is 4.34 Å². The minimum atomic E-state index is -0.0838. The number of halogens is 1. The summed E-state index contributed by atoms with van der Waals surface area (Å²) in [6.07, 6.45) is 0. The molecule has 0 saturated carbocycles. The summed E-state index contributed by atoms with van der Waals surface area (Å²) in [4.78, 5) is 15.5. The van der Waals surface area contributed by atoms with Gasteiger partial charge in [0.1, 0.15) is 0 Å². The van der Waals surface area contributed by atoms with Crippen LogP contribution in [0, 0.1) is 11.8 Å². The maximum atomic E-state index is 12.5. The fourth-order valence-corrected chi connectivity index (χ4v) is 3.21. The van der Waals surface area contributed by atoms with Crippen molar-refractivity contribution in [1.29, 1.82) is 0 Å². The molecule has 0 aliphatic rings. The van der Waals surface area contributed by atoms with Gasteiger partial charge in [-0.3, -0.25) is 9.69 Å². The Hall–Kier alpha value is -0.380. The van der Waals surface area contributed by atoms with E-state index in [2.05, 4.69) is 32.6 Å². The number of carbonyl (C=O) groups excluding carboxylic acids is 1. The topological polar surface area (TPSA) is 20.3 Å². The fourth-order valence-electron chi connectivity index (χ4n) is 2.15. The summed E-state index contributed by atoms with van der Waals surface area (Å²) in [5.41, 5.74) is 0. The van der Waals surface area contributed by atoms with Gasteiger partial charge in [0.05, 0.1) is 15.3 Å².